The maximum Gasteiger partial charge on any atom is -0.0131 e. The fourth-order valence-corrected chi connectivity index (χ4v) is 3.67. The third-order valence-electron chi connectivity index (χ3n) is 4.44. The van der Waals surface area contributed by atoms with Gasteiger partial charge in [-0.15, -0.1) is 0 Å². The summed E-state index contributed by atoms with van der Waals surface area (Å²) in [5.74, 6) is 3.92. The second-order valence-electron chi connectivity index (χ2n) is 5.22. The summed E-state index contributed by atoms with van der Waals surface area (Å²) in [6, 6.07) is 11.1. The molecule has 14 heavy (non-hydrogen) atoms. The van der Waals surface area contributed by atoms with E-state index in [4.69, 9.17) is 0 Å². The van der Waals surface area contributed by atoms with Crippen molar-refractivity contribution in [2.45, 2.75) is 32.1 Å². The van der Waals surface area contributed by atoms with Crippen LogP contribution >= 0.6 is 0 Å². The predicted molar refractivity (Wildman–Crippen MR) is 59.2 cm³/mol. The molecule has 3 rings (SSSR count). The van der Waals surface area contributed by atoms with E-state index in [-0.39, 0.29) is 0 Å². The van der Waals surface area contributed by atoms with Crippen molar-refractivity contribution in [3.8, 4) is 0 Å². The quantitative estimate of drug-likeness (QED) is 0.625. The van der Waals surface area contributed by atoms with Crippen LogP contribution in [0.3, 0.4) is 0 Å². The van der Waals surface area contributed by atoms with Gasteiger partial charge in [-0.1, -0.05) is 37.3 Å². The molecule has 0 nitrogen and oxygen atoms in total. The lowest BCUT2D eigenvalue weighted by molar-refractivity contribution is 0.327. The van der Waals surface area contributed by atoms with Gasteiger partial charge in [-0.3, -0.25) is 0 Å². The van der Waals surface area contributed by atoms with E-state index in [1.165, 1.54) is 19.3 Å². The molecule has 1 aromatic rings. The van der Waals surface area contributed by atoms with Crippen molar-refractivity contribution in [3.05, 3.63) is 35.9 Å². The van der Waals surface area contributed by atoms with Gasteiger partial charge in [-0.25, -0.2) is 0 Å². The summed E-state index contributed by atoms with van der Waals surface area (Å²) in [4.78, 5) is 0. The molecule has 0 amide bonds. The lowest BCUT2D eigenvalue weighted by atomic mass is 9.79. The third-order valence-corrected chi connectivity index (χ3v) is 4.44. The largest absolute Gasteiger partial charge is 0.0622 e. The molecule has 4 atom stereocenters. The van der Waals surface area contributed by atoms with Gasteiger partial charge in [0.1, 0.15) is 0 Å². The number of benzene rings is 1. The van der Waals surface area contributed by atoms with E-state index < -0.39 is 0 Å². The Kier molecular flexibility index (Phi) is 1.90. The van der Waals surface area contributed by atoms with Crippen LogP contribution in [0.2, 0.25) is 0 Å². The molecule has 2 fully saturated rings. The highest BCUT2D eigenvalue weighted by Gasteiger charge is 2.43. The molecular formula is C14H18. The third kappa shape index (κ3) is 1.20. The minimum atomic E-state index is 0.886. The van der Waals surface area contributed by atoms with Gasteiger partial charge in [0.25, 0.3) is 0 Å². The number of rotatable bonds is 1. The highest BCUT2D eigenvalue weighted by molar-refractivity contribution is 5.23. The van der Waals surface area contributed by atoms with Gasteiger partial charge in [-0.05, 0) is 48.5 Å². The fraction of sp³-hybridized carbons (Fsp3) is 0.571. The summed E-state index contributed by atoms with van der Waals surface area (Å²) in [5, 5.41) is 0. The fourth-order valence-electron chi connectivity index (χ4n) is 3.67. The van der Waals surface area contributed by atoms with Crippen LogP contribution < -0.4 is 0 Å². The average Bonchev–Trinajstić information content (AvgIpc) is 2.77. The van der Waals surface area contributed by atoms with Crippen molar-refractivity contribution in [2.75, 3.05) is 0 Å². The molecule has 0 spiro atoms. The lowest BCUT2D eigenvalue weighted by Gasteiger charge is -2.25. The molecule has 0 radical (unpaired) electrons. The van der Waals surface area contributed by atoms with Crippen LogP contribution in [0, 0.1) is 17.8 Å². The lowest BCUT2D eigenvalue weighted by Crippen LogP contribution is -2.14. The maximum atomic E-state index is 2.44. The summed E-state index contributed by atoms with van der Waals surface area (Å²) < 4.78 is 0. The number of fused-ring (bicyclic) bond motifs is 2. The van der Waals surface area contributed by atoms with Gasteiger partial charge in [-0.2, -0.15) is 0 Å². The Morgan fingerprint density at radius 3 is 2.29 bits per heavy atom. The van der Waals surface area contributed by atoms with Gasteiger partial charge in [0.15, 0.2) is 0 Å². The second-order valence-corrected chi connectivity index (χ2v) is 5.22. The molecule has 0 saturated heterocycles. The molecule has 0 aliphatic heterocycles. The van der Waals surface area contributed by atoms with E-state index in [1.54, 1.807) is 5.56 Å². The molecule has 0 heteroatoms. The van der Waals surface area contributed by atoms with E-state index in [0.29, 0.717) is 0 Å². The molecule has 0 N–H and O–H groups in total. The van der Waals surface area contributed by atoms with Gasteiger partial charge in [0, 0.05) is 0 Å². The highest BCUT2D eigenvalue weighted by atomic mass is 14.5. The van der Waals surface area contributed by atoms with Crippen molar-refractivity contribution in [1.29, 1.82) is 0 Å². The van der Waals surface area contributed by atoms with Crippen LogP contribution in [0.15, 0.2) is 30.3 Å². The highest BCUT2D eigenvalue weighted by Crippen LogP contribution is 2.55. The number of hydrogen-bond donors (Lipinski definition) is 0. The summed E-state index contributed by atoms with van der Waals surface area (Å²) >= 11 is 0. The minimum absolute atomic E-state index is 0.886. The van der Waals surface area contributed by atoms with Crippen LogP contribution in [0.1, 0.15) is 37.7 Å². The van der Waals surface area contributed by atoms with Crippen molar-refractivity contribution in [3.63, 3.8) is 0 Å². The van der Waals surface area contributed by atoms with Crippen molar-refractivity contribution in [2.24, 2.45) is 17.8 Å². The topological polar surface area (TPSA) is 0 Å². The summed E-state index contributed by atoms with van der Waals surface area (Å²) in [5.41, 5.74) is 1.59. The van der Waals surface area contributed by atoms with Crippen molar-refractivity contribution < 1.29 is 0 Å². The first-order valence-corrected chi connectivity index (χ1v) is 5.89. The smallest absolute Gasteiger partial charge is 0.0131 e. The zero-order valence-corrected chi connectivity index (χ0v) is 8.82. The van der Waals surface area contributed by atoms with E-state index in [2.05, 4.69) is 37.3 Å². The zero-order chi connectivity index (χ0) is 9.54. The van der Waals surface area contributed by atoms with Crippen LogP contribution in [-0.2, 0) is 0 Å². The standard InChI is InChI=1S/C14H18/c1-10-7-13-8-12(10)9-14(13)11-5-3-2-4-6-11/h2-6,10,12-14H,7-9H2,1H3. The Morgan fingerprint density at radius 2 is 1.71 bits per heavy atom. The van der Waals surface area contributed by atoms with Crippen molar-refractivity contribution in [1.82, 2.24) is 0 Å². The van der Waals surface area contributed by atoms with Gasteiger partial charge >= 0.3 is 0 Å². The maximum absolute atomic E-state index is 2.44. The Hall–Kier alpha value is -0.780. The first-order chi connectivity index (χ1) is 6.84. The molecule has 74 valence electrons. The first kappa shape index (κ1) is 8.52. The monoisotopic (exact) mass is 186 g/mol. The summed E-state index contributed by atoms with van der Waals surface area (Å²) in [6.07, 6.45) is 4.43. The molecule has 4 unspecified atom stereocenters. The normalized spacial score (nSPS) is 40.4. The van der Waals surface area contributed by atoms with E-state index in [1.807, 2.05) is 0 Å². The average molecular weight is 186 g/mol. The second kappa shape index (κ2) is 3.12. The molecule has 2 saturated carbocycles. The van der Waals surface area contributed by atoms with Gasteiger partial charge in [0.2, 0.25) is 0 Å². The Bertz CT molecular complexity index is 312. The van der Waals surface area contributed by atoms with Crippen LogP contribution in [0.4, 0.5) is 0 Å². The van der Waals surface area contributed by atoms with Gasteiger partial charge < -0.3 is 0 Å². The SMILES string of the molecule is CC1CC2CC1CC2c1ccccc1. The van der Waals surface area contributed by atoms with E-state index in [0.717, 1.165) is 23.7 Å². The molecule has 0 aromatic heterocycles. The molecule has 2 bridgehead atoms. The van der Waals surface area contributed by atoms with E-state index in [9.17, 15) is 0 Å². The molecule has 1 aromatic carbocycles. The van der Waals surface area contributed by atoms with Crippen LogP contribution in [-0.4, -0.2) is 0 Å². The molecular weight excluding hydrogens is 168 g/mol. The Morgan fingerprint density at radius 1 is 0.929 bits per heavy atom. The summed E-state index contributed by atoms with van der Waals surface area (Å²) in [6.45, 7) is 2.44. The van der Waals surface area contributed by atoms with Crippen LogP contribution in [0.25, 0.3) is 0 Å². The Labute approximate surface area is 86.3 Å². The zero-order valence-electron chi connectivity index (χ0n) is 8.82. The molecule has 2 aliphatic carbocycles. The van der Waals surface area contributed by atoms with Crippen LogP contribution in [0.5, 0.6) is 0 Å². The molecule has 2 aliphatic rings. The molecule has 0 heterocycles. The number of hydrogen-bond acceptors (Lipinski definition) is 0. The van der Waals surface area contributed by atoms with Crippen molar-refractivity contribution >= 4 is 0 Å². The predicted octanol–water partition coefficient (Wildman–Crippen LogP) is 3.84. The first-order valence-electron chi connectivity index (χ1n) is 5.89. The van der Waals surface area contributed by atoms with Gasteiger partial charge in [0.05, 0.1) is 0 Å². The van der Waals surface area contributed by atoms with E-state index >= 15 is 0 Å². The Balaban J connectivity index is 1.84. The minimum Gasteiger partial charge on any atom is -0.0622 e. The summed E-state index contributed by atoms with van der Waals surface area (Å²) in [7, 11) is 0.